The predicted octanol–water partition coefficient (Wildman–Crippen LogP) is 3.71. The first-order chi connectivity index (χ1) is 15.4. The average Bonchev–Trinajstić information content (AvgIpc) is 3.36. The van der Waals surface area contributed by atoms with Crippen molar-refractivity contribution < 1.29 is 14.3 Å². The van der Waals surface area contributed by atoms with Crippen LogP contribution in [0.4, 0.5) is 4.79 Å². The Morgan fingerprint density at radius 2 is 1.88 bits per heavy atom. The topological polar surface area (TPSA) is 97.0 Å². The van der Waals surface area contributed by atoms with Crippen molar-refractivity contribution in [2.75, 3.05) is 13.7 Å². The van der Waals surface area contributed by atoms with Crippen LogP contribution in [0.3, 0.4) is 0 Å². The molecule has 0 radical (unpaired) electrons. The molecule has 0 N–H and O–H groups in total. The number of rotatable bonds is 6. The summed E-state index contributed by atoms with van der Waals surface area (Å²) in [6.45, 7) is 6.55. The van der Waals surface area contributed by atoms with E-state index in [-0.39, 0.29) is 0 Å². The zero-order chi connectivity index (χ0) is 22.7. The minimum absolute atomic E-state index is 0.466. The fourth-order valence-corrected chi connectivity index (χ4v) is 3.43. The molecule has 3 aromatic heterocycles. The van der Waals surface area contributed by atoms with Crippen LogP contribution in [0.1, 0.15) is 32.0 Å². The molecule has 4 rings (SSSR count). The van der Waals surface area contributed by atoms with Crippen LogP contribution in [0.15, 0.2) is 49.1 Å². The second-order valence-electron chi connectivity index (χ2n) is 8.44. The quantitative estimate of drug-likeness (QED) is 0.456. The summed E-state index contributed by atoms with van der Waals surface area (Å²) in [5.74, 6) is 0. The van der Waals surface area contributed by atoms with Crippen molar-refractivity contribution >= 4 is 17.1 Å². The third-order valence-electron chi connectivity index (χ3n) is 4.80. The SMILES string of the molecule is COCCc1ncnc2c1c(-c1cn(Cc3ccccc3)nn1)cn2C(=O)OC(C)(C)C. The van der Waals surface area contributed by atoms with Gasteiger partial charge in [-0.2, -0.15) is 0 Å². The van der Waals surface area contributed by atoms with E-state index in [4.69, 9.17) is 9.47 Å². The summed E-state index contributed by atoms with van der Waals surface area (Å²) in [7, 11) is 1.64. The molecule has 32 heavy (non-hydrogen) atoms. The lowest BCUT2D eigenvalue weighted by molar-refractivity contribution is 0.0543. The van der Waals surface area contributed by atoms with Crippen LogP contribution < -0.4 is 0 Å². The van der Waals surface area contributed by atoms with E-state index in [9.17, 15) is 4.79 Å². The van der Waals surface area contributed by atoms with E-state index >= 15 is 0 Å². The summed E-state index contributed by atoms with van der Waals surface area (Å²) in [6.07, 6.45) is 5.06. The molecule has 0 spiro atoms. The van der Waals surface area contributed by atoms with Crippen molar-refractivity contribution in [2.45, 2.75) is 39.3 Å². The Balaban J connectivity index is 1.78. The van der Waals surface area contributed by atoms with E-state index in [1.807, 2.05) is 57.3 Å². The Hall–Kier alpha value is -3.59. The molecule has 0 amide bonds. The summed E-state index contributed by atoms with van der Waals surface area (Å²) in [5.41, 5.74) is 3.06. The average molecular weight is 435 g/mol. The number of hydrogen-bond donors (Lipinski definition) is 0. The number of hydrogen-bond acceptors (Lipinski definition) is 7. The smallest absolute Gasteiger partial charge is 0.420 e. The van der Waals surface area contributed by atoms with Gasteiger partial charge in [-0.05, 0) is 26.3 Å². The monoisotopic (exact) mass is 434 g/mol. The van der Waals surface area contributed by atoms with Crippen LogP contribution >= 0.6 is 0 Å². The molecule has 4 aromatic rings. The van der Waals surface area contributed by atoms with Crippen LogP contribution in [-0.4, -0.2) is 54.9 Å². The number of ether oxygens (including phenoxy) is 2. The zero-order valence-electron chi connectivity index (χ0n) is 18.6. The van der Waals surface area contributed by atoms with Gasteiger partial charge < -0.3 is 9.47 Å². The van der Waals surface area contributed by atoms with E-state index in [1.54, 1.807) is 18.0 Å². The number of carbonyl (C=O) groups excluding carboxylic acids is 1. The van der Waals surface area contributed by atoms with Crippen molar-refractivity contribution in [3.05, 3.63) is 60.3 Å². The van der Waals surface area contributed by atoms with Crippen LogP contribution in [0.25, 0.3) is 22.3 Å². The van der Waals surface area contributed by atoms with Crippen molar-refractivity contribution in [2.24, 2.45) is 0 Å². The molecule has 0 aliphatic rings. The van der Waals surface area contributed by atoms with E-state index in [0.29, 0.717) is 30.9 Å². The molecule has 3 heterocycles. The van der Waals surface area contributed by atoms with Gasteiger partial charge in [0, 0.05) is 25.3 Å². The van der Waals surface area contributed by atoms with Gasteiger partial charge in [-0.3, -0.25) is 0 Å². The summed E-state index contributed by atoms with van der Waals surface area (Å²) >= 11 is 0. The standard InChI is InChI=1S/C23H26N6O3/c1-23(2,3)32-22(30)29-13-17(20-18(10-11-31-4)24-15-25-21(20)29)19-14-28(27-26-19)12-16-8-6-5-7-9-16/h5-9,13-15H,10-12H2,1-4H3. The number of fused-ring (bicyclic) bond motifs is 1. The van der Waals surface area contributed by atoms with Crippen molar-refractivity contribution in [1.29, 1.82) is 0 Å². The molecule has 0 aliphatic heterocycles. The summed E-state index contributed by atoms with van der Waals surface area (Å²) < 4.78 is 14.0. The van der Waals surface area contributed by atoms with Gasteiger partial charge in [-0.15, -0.1) is 5.10 Å². The minimum atomic E-state index is -0.640. The van der Waals surface area contributed by atoms with Crippen LogP contribution in [-0.2, 0) is 22.4 Å². The molecule has 9 nitrogen and oxygen atoms in total. The summed E-state index contributed by atoms with van der Waals surface area (Å²) in [4.78, 5) is 21.7. The van der Waals surface area contributed by atoms with Gasteiger partial charge >= 0.3 is 6.09 Å². The molecule has 0 fully saturated rings. The Labute approximate surface area is 186 Å². The Morgan fingerprint density at radius 1 is 1.09 bits per heavy atom. The molecule has 0 saturated heterocycles. The van der Waals surface area contributed by atoms with Crippen LogP contribution in [0, 0.1) is 0 Å². The molecule has 0 unspecified atom stereocenters. The summed E-state index contributed by atoms with van der Waals surface area (Å²) in [6, 6.07) is 10.0. The first kappa shape index (κ1) is 21.6. The van der Waals surface area contributed by atoms with Gasteiger partial charge in [0.25, 0.3) is 0 Å². The second kappa shape index (κ2) is 8.88. The maximum Gasteiger partial charge on any atom is 0.420 e. The maximum atomic E-state index is 12.9. The number of carbonyl (C=O) groups is 1. The molecule has 0 aliphatic carbocycles. The third kappa shape index (κ3) is 4.67. The van der Waals surface area contributed by atoms with Crippen molar-refractivity contribution in [1.82, 2.24) is 29.5 Å². The van der Waals surface area contributed by atoms with Gasteiger partial charge in [0.2, 0.25) is 0 Å². The van der Waals surface area contributed by atoms with Crippen molar-refractivity contribution in [3.8, 4) is 11.3 Å². The van der Waals surface area contributed by atoms with Gasteiger partial charge in [0.05, 0.1) is 30.4 Å². The molecule has 9 heteroatoms. The molecular weight excluding hydrogens is 408 g/mol. The molecule has 1 aromatic carbocycles. The number of nitrogens with zero attached hydrogens (tertiary/aromatic N) is 6. The Kier molecular flexibility index (Phi) is 6.00. The largest absolute Gasteiger partial charge is 0.443 e. The lowest BCUT2D eigenvalue weighted by Crippen LogP contribution is -2.26. The normalized spacial score (nSPS) is 11.8. The Bertz CT molecular complexity index is 1220. The lowest BCUT2D eigenvalue weighted by Gasteiger charge is -2.19. The van der Waals surface area contributed by atoms with Gasteiger partial charge in [-0.25, -0.2) is 24.0 Å². The van der Waals surface area contributed by atoms with E-state index in [0.717, 1.165) is 22.2 Å². The maximum absolute atomic E-state index is 12.9. The van der Waals surface area contributed by atoms with Gasteiger partial charge in [-0.1, -0.05) is 35.5 Å². The summed E-state index contributed by atoms with van der Waals surface area (Å²) in [5, 5.41) is 9.38. The molecular formula is C23H26N6O3. The fourth-order valence-electron chi connectivity index (χ4n) is 3.43. The predicted molar refractivity (Wildman–Crippen MR) is 119 cm³/mol. The number of benzene rings is 1. The second-order valence-corrected chi connectivity index (χ2v) is 8.44. The van der Waals surface area contributed by atoms with Crippen molar-refractivity contribution in [3.63, 3.8) is 0 Å². The number of methoxy groups -OCH3 is 1. The van der Waals surface area contributed by atoms with E-state index in [2.05, 4.69) is 20.3 Å². The van der Waals surface area contributed by atoms with E-state index < -0.39 is 11.7 Å². The van der Waals surface area contributed by atoms with Crippen LogP contribution in [0.2, 0.25) is 0 Å². The first-order valence-electron chi connectivity index (χ1n) is 10.4. The lowest BCUT2D eigenvalue weighted by atomic mass is 10.1. The number of aromatic nitrogens is 6. The molecule has 0 atom stereocenters. The Morgan fingerprint density at radius 3 is 2.59 bits per heavy atom. The highest BCUT2D eigenvalue weighted by Crippen LogP contribution is 2.31. The highest BCUT2D eigenvalue weighted by atomic mass is 16.6. The fraction of sp³-hybridized carbons (Fsp3) is 0.348. The van der Waals surface area contributed by atoms with Gasteiger partial charge in [0.1, 0.15) is 17.6 Å². The first-order valence-corrected chi connectivity index (χ1v) is 10.4. The van der Waals surface area contributed by atoms with Crippen LogP contribution in [0.5, 0.6) is 0 Å². The molecule has 0 saturated carbocycles. The van der Waals surface area contributed by atoms with Gasteiger partial charge in [0.15, 0.2) is 5.65 Å². The zero-order valence-corrected chi connectivity index (χ0v) is 18.6. The highest BCUT2D eigenvalue weighted by molar-refractivity contribution is 5.99. The minimum Gasteiger partial charge on any atom is -0.443 e. The molecule has 0 bridgehead atoms. The highest BCUT2D eigenvalue weighted by Gasteiger charge is 2.24. The van der Waals surface area contributed by atoms with E-state index in [1.165, 1.54) is 10.9 Å². The molecule has 166 valence electrons. The third-order valence-corrected chi connectivity index (χ3v) is 4.80.